The highest BCUT2D eigenvalue weighted by molar-refractivity contribution is 6.10. The Morgan fingerprint density at radius 3 is 2.56 bits per heavy atom. The molecule has 2 aliphatic rings. The Labute approximate surface area is 208 Å². The predicted molar refractivity (Wildman–Crippen MR) is 132 cm³/mol. The number of nitrogens with one attached hydrogen (secondary N) is 2. The number of amides is 4. The molecule has 2 aliphatic heterocycles. The molecule has 0 unspecified atom stereocenters. The molecule has 2 saturated heterocycles. The average molecular weight is 489 g/mol. The highest BCUT2D eigenvalue weighted by Gasteiger charge is 2.49. The minimum atomic E-state index is -1.32. The van der Waals surface area contributed by atoms with Crippen molar-refractivity contribution in [3.05, 3.63) is 60.4 Å². The first kappa shape index (κ1) is 23.5. The van der Waals surface area contributed by atoms with Crippen molar-refractivity contribution in [2.24, 2.45) is 5.92 Å². The number of urea groups is 1. The zero-order valence-corrected chi connectivity index (χ0v) is 20.2. The molecule has 0 bridgehead atoms. The van der Waals surface area contributed by atoms with Crippen molar-refractivity contribution in [1.29, 1.82) is 0 Å². The van der Waals surface area contributed by atoms with Gasteiger partial charge in [0.05, 0.1) is 5.69 Å². The topological polar surface area (TPSA) is 125 Å². The third-order valence-electron chi connectivity index (χ3n) is 6.91. The van der Waals surface area contributed by atoms with E-state index in [4.69, 9.17) is 0 Å². The second-order valence-electron chi connectivity index (χ2n) is 9.52. The lowest BCUT2D eigenvalue weighted by Gasteiger charge is -2.32. The van der Waals surface area contributed by atoms with Gasteiger partial charge in [0.15, 0.2) is 0 Å². The number of nitrogens with zero attached hydrogens (tertiary/aromatic N) is 6. The second-order valence-corrected chi connectivity index (χ2v) is 9.52. The van der Waals surface area contributed by atoms with Crippen LogP contribution < -0.4 is 15.5 Å². The molecule has 11 heteroatoms. The fraction of sp³-hybridized carbons (Fsp3) is 0.360. The molecule has 4 amide bonds. The van der Waals surface area contributed by atoms with E-state index in [1.165, 1.54) is 23.9 Å². The maximum absolute atomic E-state index is 13.3. The van der Waals surface area contributed by atoms with Gasteiger partial charge in [-0.25, -0.2) is 9.48 Å². The van der Waals surface area contributed by atoms with Crippen molar-refractivity contribution in [2.75, 3.05) is 29.9 Å². The molecule has 3 heterocycles. The van der Waals surface area contributed by atoms with E-state index < -0.39 is 29.9 Å². The summed E-state index contributed by atoms with van der Waals surface area (Å²) in [6.45, 7) is 5.55. The summed E-state index contributed by atoms with van der Waals surface area (Å²) < 4.78 is 1.45. The maximum atomic E-state index is 13.3. The van der Waals surface area contributed by atoms with Crippen molar-refractivity contribution >= 4 is 29.2 Å². The minimum absolute atomic E-state index is 0.390. The van der Waals surface area contributed by atoms with E-state index in [1.54, 1.807) is 31.2 Å². The molecule has 3 aromatic rings. The quantitative estimate of drug-likeness (QED) is 0.510. The number of carbonyl (C=O) groups is 3. The van der Waals surface area contributed by atoms with Gasteiger partial charge in [0.2, 0.25) is 5.91 Å². The Morgan fingerprint density at radius 2 is 1.86 bits per heavy atom. The Balaban J connectivity index is 1.24. The van der Waals surface area contributed by atoms with Crippen LogP contribution in [-0.2, 0) is 15.1 Å². The first-order valence-electron chi connectivity index (χ1n) is 12.0. The molecule has 186 valence electrons. The maximum Gasteiger partial charge on any atom is 0.325 e. The third kappa shape index (κ3) is 4.51. The summed E-state index contributed by atoms with van der Waals surface area (Å²) in [5.74, 6) is -0.210. The molecule has 2 fully saturated rings. The summed E-state index contributed by atoms with van der Waals surface area (Å²) in [6.07, 6.45) is 3.78. The summed E-state index contributed by atoms with van der Waals surface area (Å²) >= 11 is 0. The molecular weight excluding hydrogens is 460 g/mol. The minimum Gasteiger partial charge on any atom is -0.372 e. The molecule has 2 aromatic carbocycles. The monoisotopic (exact) mass is 488 g/mol. The van der Waals surface area contributed by atoms with Crippen LogP contribution in [0.15, 0.2) is 54.9 Å². The van der Waals surface area contributed by atoms with Crippen molar-refractivity contribution in [3.8, 4) is 5.69 Å². The highest BCUT2D eigenvalue weighted by Crippen LogP contribution is 2.30. The first-order valence-corrected chi connectivity index (χ1v) is 12.0. The van der Waals surface area contributed by atoms with E-state index >= 15 is 0 Å². The summed E-state index contributed by atoms with van der Waals surface area (Å²) in [7, 11) is 0. The number of aromatic nitrogens is 4. The zero-order valence-electron chi connectivity index (χ0n) is 20.2. The number of rotatable bonds is 6. The second kappa shape index (κ2) is 9.40. The molecule has 36 heavy (non-hydrogen) atoms. The molecule has 0 spiro atoms. The van der Waals surface area contributed by atoms with E-state index in [9.17, 15) is 14.4 Å². The molecule has 5 rings (SSSR count). The fourth-order valence-corrected chi connectivity index (χ4v) is 4.64. The number of hydrogen-bond acceptors (Lipinski definition) is 7. The Morgan fingerprint density at radius 1 is 1.11 bits per heavy atom. The summed E-state index contributed by atoms with van der Waals surface area (Å²) in [5.41, 5.74) is 1.60. The fourth-order valence-electron chi connectivity index (χ4n) is 4.64. The van der Waals surface area contributed by atoms with Crippen LogP contribution >= 0.6 is 0 Å². The van der Waals surface area contributed by atoms with Crippen LogP contribution in [-0.4, -0.2) is 62.6 Å². The van der Waals surface area contributed by atoms with E-state index in [0.717, 1.165) is 29.6 Å². The van der Waals surface area contributed by atoms with Gasteiger partial charge in [-0.15, -0.1) is 5.10 Å². The standard InChI is InChI=1S/C25H28N8O3/c1-17-10-12-31(13-11-17)20-8-6-19(7-9-20)27-22(34)15-32-23(35)25(2,28-24(32)36)18-4-3-5-21(14-18)33-16-26-29-30-33/h3-9,14,16-17H,10-13,15H2,1-2H3,(H,27,34)(H,28,36)/t25-/m0/s1. The lowest BCUT2D eigenvalue weighted by Crippen LogP contribution is -2.42. The zero-order chi connectivity index (χ0) is 25.3. The van der Waals surface area contributed by atoms with Gasteiger partial charge in [0.25, 0.3) is 5.91 Å². The van der Waals surface area contributed by atoms with E-state index in [1.807, 2.05) is 24.3 Å². The van der Waals surface area contributed by atoms with Gasteiger partial charge in [-0.2, -0.15) is 0 Å². The summed E-state index contributed by atoms with van der Waals surface area (Å²) in [6, 6.07) is 14.0. The largest absolute Gasteiger partial charge is 0.372 e. The average Bonchev–Trinajstić information content (AvgIpc) is 3.49. The van der Waals surface area contributed by atoms with Crippen LogP contribution in [0.2, 0.25) is 0 Å². The number of carbonyl (C=O) groups excluding carboxylic acids is 3. The molecule has 1 atom stereocenters. The lowest BCUT2D eigenvalue weighted by molar-refractivity contribution is -0.133. The number of hydrogen-bond donors (Lipinski definition) is 2. The van der Waals surface area contributed by atoms with Gasteiger partial charge in [-0.3, -0.25) is 14.5 Å². The Hall–Kier alpha value is -4.28. The van der Waals surface area contributed by atoms with Crippen LogP contribution in [0.1, 0.15) is 32.3 Å². The summed E-state index contributed by atoms with van der Waals surface area (Å²) in [5, 5.41) is 16.6. The van der Waals surface area contributed by atoms with Crippen molar-refractivity contribution < 1.29 is 14.4 Å². The van der Waals surface area contributed by atoms with Crippen LogP contribution in [0.25, 0.3) is 5.69 Å². The third-order valence-corrected chi connectivity index (χ3v) is 6.91. The number of tetrazole rings is 1. The molecule has 1 aromatic heterocycles. The Bertz CT molecular complexity index is 1270. The molecule has 11 nitrogen and oxygen atoms in total. The van der Waals surface area contributed by atoms with Crippen molar-refractivity contribution in [2.45, 2.75) is 32.2 Å². The summed E-state index contributed by atoms with van der Waals surface area (Å²) in [4.78, 5) is 42.0. The van der Waals surface area contributed by atoms with Gasteiger partial charge in [-0.1, -0.05) is 19.1 Å². The lowest BCUT2D eigenvalue weighted by atomic mass is 9.91. The predicted octanol–water partition coefficient (Wildman–Crippen LogP) is 2.30. The van der Waals surface area contributed by atoms with E-state index in [-0.39, 0.29) is 0 Å². The van der Waals surface area contributed by atoms with Gasteiger partial charge in [-0.05, 0) is 78.1 Å². The molecule has 0 aliphatic carbocycles. The number of anilines is 2. The molecule has 0 saturated carbocycles. The molecule has 0 radical (unpaired) electrons. The van der Waals surface area contributed by atoms with Crippen LogP contribution in [0.3, 0.4) is 0 Å². The number of benzene rings is 2. The van der Waals surface area contributed by atoms with Gasteiger partial charge >= 0.3 is 6.03 Å². The number of piperidine rings is 1. The smallest absolute Gasteiger partial charge is 0.325 e. The van der Waals surface area contributed by atoms with E-state index in [2.05, 4.69) is 38.0 Å². The van der Waals surface area contributed by atoms with Gasteiger partial charge < -0.3 is 15.5 Å². The highest BCUT2D eigenvalue weighted by atomic mass is 16.2. The first-order chi connectivity index (χ1) is 17.3. The van der Waals surface area contributed by atoms with Gasteiger partial charge in [0, 0.05) is 24.5 Å². The van der Waals surface area contributed by atoms with Crippen molar-refractivity contribution in [3.63, 3.8) is 0 Å². The van der Waals surface area contributed by atoms with Crippen molar-refractivity contribution in [1.82, 2.24) is 30.4 Å². The molecule has 2 N–H and O–H groups in total. The SMILES string of the molecule is CC1CCN(c2ccc(NC(=O)CN3C(=O)N[C@@](C)(c4cccc(-n5cnnn5)c4)C3=O)cc2)CC1. The molecular formula is C25H28N8O3. The van der Waals surface area contributed by atoms with Gasteiger partial charge in [0.1, 0.15) is 18.4 Å². The van der Waals surface area contributed by atoms with E-state index in [0.29, 0.717) is 16.9 Å². The van der Waals surface area contributed by atoms with Crippen LogP contribution in [0, 0.1) is 5.92 Å². The Kier molecular flexibility index (Phi) is 6.13. The van der Waals surface area contributed by atoms with Crippen LogP contribution in [0.4, 0.5) is 16.2 Å². The van der Waals surface area contributed by atoms with Crippen LogP contribution in [0.5, 0.6) is 0 Å². The number of imide groups is 1. The normalized spacial score (nSPS) is 20.5.